The molecule has 0 radical (unpaired) electrons. The van der Waals surface area contributed by atoms with Crippen LogP contribution >= 0.6 is 0 Å². The molecule has 0 bridgehead atoms. The van der Waals surface area contributed by atoms with Gasteiger partial charge < -0.3 is 9.64 Å². The Bertz CT molecular complexity index is 783. The lowest BCUT2D eigenvalue weighted by Crippen LogP contribution is -2.27. The largest absolute Gasteiger partial charge is 0.426 e. The number of hydrogen-bond acceptors (Lipinski definition) is 3. The van der Waals surface area contributed by atoms with Crippen molar-refractivity contribution in [2.75, 3.05) is 11.4 Å². The van der Waals surface area contributed by atoms with Crippen molar-refractivity contribution in [2.45, 2.75) is 33.1 Å². The number of nitrogens with zero attached hydrogens (tertiary/aromatic N) is 1. The van der Waals surface area contributed by atoms with E-state index in [1.807, 2.05) is 55.5 Å². The van der Waals surface area contributed by atoms with E-state index >= 15 is 0 Å². The maximum atomic E-state index is 12.6. The van der Waals surface area contributed by atoms with Gasteiger partial charge in [-0.3, -0.25) is 9.59 Å². The maximum absolute atomic E-state index is 12.6. The number of carbonyl (C=O) groups excluding carboxylic acids is 2. The van der Waals surface area contributed by atoms with Crippen molar-refractivity contribution < 1.29 is 14.3 Å². The molecule has 0 spiro atoms. The number of anilines is 1. The van der Waals surface area contributed by atoms with Crippen LogP contribution in [-0.4, -0.2) is 18.4 Å². The Balaban J connectivity index is 1.75. The third-order valence-electron chi connectivity index (χ3n) is 4.53. The molecule has 0 aliphatic carbocycles. The molecule has 4 nitrogen and oxygen atoms in total. The molecule has 1 heterocycles. The molecule has 0 unspecified atom stereocenters. The van der Waals surface area contributed by atoms with Crippen LogP contribution in [0.4, 0.5) is 5.69 Å². The van der Waals surface area contributed by atoms with Crippen LogP contribution in [0.25, 0.3) is 0 Å². The van der Waals surface area contributed by atoms with Gasteiger partial charge in [0.1, 0.15) is 5.75 Å². The SMILES string of the molecule is Cc1ccc(C(C)C)c(OC(=O)[C@H]2CC(=O)N(c3ccccc3)C2)c1. The summed E-state index contributed by atoms with van der Waals surface area (Å²) >= 11 is 0. The van der Waals surface area contributed by atoms with Crippen molar-refractivity contribution in [3.05, 3.63) is 59.7 Å². The second kappa shape index (κ2) is 7.09. The summed E-state index contributed by atoms with van der Waals surface area (Å²) in [5.74, 6) is 0.0500. The van der Waals surface area contributed by atoms with Gasteiger partial charge in [-0.05, 0) is 42.2 Å². The summed E-state index contributed by atoms with van der Waals surface area (Å²) < 4.78 is 5.69. The van der Waals surface area contributed by atoms with Gasteiger partial charge in [0.05, 0.1) is 5.92 Å². The molecule has 2 aromatic rings. The van der Waals surface area contributed by atoms with E-state index in [1.54, 1.807) is 4.90 Å². The van der Waals surface area contributed by atoms with E-state index in [1.165, 1.54) is 0 Å². The van der Waals surface area contributed by atoms with E-state index in [0.29, 0.717) is 12.3 Å². The van der Waals surface area contributed by atoms with Crippen LogP contribution in [0.15, 0.2) is 48.5 Å². The minimum atomic E-state index is -0.437. The maximum Gasteiger partial charge on any atom is 0.316 e. The molecule has 1 aliphatic rings. The van der Waals surface area contributed by atoms with Gasteiger partial charge in [-0.1, -0.05) is 44.2 Å². The molecule has 1 saturated heterocycles. The smallest absolute Gasteiger partial charge is 0.316 e. The highest BCUT2D eigenvalue weighted by Crippen LogP contribution is 2.30. The Morgan fingerprint density at radius 2 is 1.88 bits per heavy atom. The third kappa shape index (κ3) is 3.73. The second-order valence-electron chi connectivity index (χ2n) is 6.86. The third-order valence-corrected chi connectivity index (χ3v) is 4.53. The molecule has 0 aromatic heterocycles. The number of ether oxygens (including phenoxy) is 1. The van der Waals surface area contributed by atoms with Crippen molar-refractivity contribution in [3.63, 3.8) is 0 Å². The Morgan fingerprint density at radius 1 is 1.16 bits per heavy atom. The number of para-hydroxylation sites is 1. The lowest BCUT2D eigenvalue weighted by Gasteiger charge is -2.17. The molecule has 1 aliphatic heterocycles. The van der Waals surface area contributed by atoms with Gasteiger partial charge >= 0.3 is 5.97 Å². The van der Waals surface area contributed by atoms with Gasteiger partial charge in [-0.2, -0.15) is 0 Å². The van der Waals surface area contributed by atoms with Crippen molar-refractivity contribution in [1.29, 1.82) is 0 Å². The van der Waals surface area contributed by atoms with Crippen molar-refractivity contribution in [3.8, 4) is 5.75 Å². The van der Waals surface area contributed by atoms with Crippen LogP contribution < -0.4 is 9.64 Å². The van der Waals surface area contributed by atoms with E-state index in [0.717, 1.165) is 16.8 Å². The predicted molar refractivity (Wildman–Crippen MR) is 97.8 cm³/mol. The average molecular weight is 337 g/mol. The fourth-order valence-corrected chi connectivity index (χ4v) is 3.12. The van der Waals surface area contributed by atoms with Crippen molar-refractivity contribution in [2.24, 2.45) is 5.92 Å². The van der Waals surface area contributed by atoms with Gasteiger partial charge in [0.15, 0.2) is 0 Å². The molecule has 0 N–H and O–H groups in total. The van der Waals surface area contributed by atoms with Gasteiger partial charge in [0, 0.05) is 18.7 Å². The second-order valence-corrected chi connectivity index (χ2v) is 6.86. The Morgan fingerprint density at radius 3 is 2.56 bits per heavy atom. The molecule has 130 valence electrons. The standard InChI is InChI=1S/C21H23NO3/c1-14(2)18-10-9-15(3)11-19(18)25-21(24)16-12-20(23)22(13-16)17-7-5-4-6-8-17/h4-11,14,16H,12-13H2,1-3H3/t16-/m0/s1. The van der Waals surface area contributed by atoms with E-state index in [4.69, 9.17) is 4.74 Å². The molecular formula is C21H23NO3. The van der Waals surface area contributed by atoms with Gasteiger partial charge in [-0.15, -0.1) is 0 Å². The number of aryl methyl sites for hydroxylation is 1. The first kappa shape index (κ1) is 17.2. The summed E-state index contributed by atoms with van der Waals surface area (Å²) in [5, 5.41) is 0. The number of carbonyl (C=O) groups is 2. The van der Waals surface area contributed by atoms with E-state index in [-0.39, 0.29) is 24.2 Å². The zero-order valence-corrected chi connectivity index (χ0v) is 14.9. The molecule has 2 aromatic carbocycles. The van der Waals surface area contributed by atoms with Crippen molar-refractivity contribution in [1.82, 2.24) is 0 Å². The summed E-state index contributed by atoms with van der Waals surface area (Å²) in [6.07, 6.45) is 0.191. The highest BCUT2D eigenvalue weighted by Gasteiger charge is 2.36. The van der Waals surface area contributed by atoms with E-state index < -0.39 is 5.92 Å². The Kier molecular flexibility index (Phi) is 4.88. The first-order valence-electron chi connectivity index (χ1n) is 8.63. The monoisotopic (exact) mass is 337 g/mol. The molecule has 1 amide bonds. The highest BCUT2D eigenvalue weighted by molar-refractivity contribution is 5.99. The fraction of sp³-hybridized carbons (Fsp3) is 0.333. The van der Waals surface area contributed by atoms with Crippen LogP contribution in [-0.2, 0) is 9.59 Å². The molecule has 25 heavy (non-hydrogen) atoms. The zero-order chi connectivity index (χ0) is 18.0. The molecule has 0 saturated carbocycles. The summed E-state index contributed by atoms with van der Waals surface area (Å²) in [4.78, 5) is 26.6. The quantitative estimate of drug-likeness (QED) is 0.624. The van der Waals surface area contributed by atoms with E-state index in [9.17, 15) is 9.59 Å². The van der Waals surface area contributed by atoms with E-state index in [2.05, 4.69) is 13.8 Å². The Labute approximate surface area is 148 Å². The number of benzene rings is 2. The topological polar surface area (TPSA) is 46.6 Å². The number of rotatable bonds is 4. The molecular weight excluding hydrogens is 314 g/mol. The Hall–Kier alpha value is -2.62. The summed E-state index contributed by atoms with van der Waals surface area (Å²) in [7, 11) is 0. The minimum absolute atomic E-state index is 0.0403. The normalized spacial score (nSPS) is 17.2. The van der Waals surface area contributed by atoms with Gasteiger partial charge in [-0.25, -0.2) is 0 Å². The summed E-state index contributed by atoms with van der Waals surface area (Å²) in [6, 6.07) is 15.3. The van der Waals surface area contributed by atoms with Crippen LogP contribution in [0.3, 0.4) is 0 Å². The zero-order valence-electron chi connectivity index (χ0n) is 14.9. The molecule has 1 fully saturated rings. The first-order chi connectivity index (χ1) is 12.0. The molecule has 4 heteroatoms. The van der Waals surface area contributed by atoms with Crippen LogP contribution in [0, 0.1) is 12.8 Å². The number of amides is 1. The lowest BCUT2D eigenvalue weighted by molar-refractivity contribution is -0.139. The van der Waals surface area contributed by atoms with Gasteiger partial charge in [0.25, 0.3) is 0 Å². The first-order valence-corrected chi connectivity index (χ1v) is 8.63. The van der Waals surface area contributed by atoms with Gasteiger partial charge in [0.2, 0.25) is 5.91 Å². The van der Waals surface area contributed by atoms with Crippen LogP contribution in [0.2, 0.25) is 0 Å². The lowest BCUT2D eigenvalue weighted by atomic mass is 10.0. The number of esters is 1. The minimum Gasteiger partial charge on any atom is -0.426 e. The fourth-order valence-electron chi connectivity index (χ4n) is 3.12. The molecule has 1 atom stereocenters. The predicted octanol–water partition coefficient (Wildman–Crippen LogP) is 4.08. The van der Waals surface area contributed by atoms with Crippen LogP contribution in [0.5, 0.6) is 5.75 Å². The number of hydrogen-bond donors (Lipinski definition) is 0. The highest BCUT2D eigenvalue weighted by atomic mass is 16.5. The molecule has 3 rings (SSSR count). The summed E-state index contributed by atoms with van der Waals surface area (Å²) in [5.41, 5.74) is 2.87. The summed E-state index contributed by atoms with van der Waals surface area (Å²) in [6.45, 7) is 6.47. The average Bonchev–Trinajstić information content (AvgIpc) is 2.97. The van der Waals surface area contributed by atoms with Crippen LogP contribution in [0.1, 0.15) is 37.3 Å². The van der Waals surface area contributed by atoms with Crippen molar-refractivity contribution >= 4 is 17.6 Å².